The zero-order chi connectivity index (χ0) is 24.1. The third kappa shape index (κ3) is 4.29. The van der Waals surface area contributed by atoms with E-state index in [0.29, 0.717) is 46.7 Å². The van der Waals surface area contributed by atoms with Gasteiger partial charge >= 0.3 is 0 Å². The van der Waals surface area contributed by atoms with Crippen LogP contribution in [0.3, 0.4) is 0 Å². The Morgan fingerprint density at radius 3 is 2.43 bits per heavy atom. The standard InChI is InChI=1S/C26H29FN6O2/c1-32-23(27)10-16(11-25(32)35)15-5-8-21(22(34)9-15)26-28-14-24(30-31-26)33(19-6-7-19)20-12-17-3-2-4-18(13-20)29-17/h5,8-11,14,17-20,29,34H,2-4,6-7,12-13H2,1H3/t17-,18+,20-. The highest BCUT2D eigenvalue weighted by molar-refractivity contribution is 5.72. The summed E-state index contributed by atoms with van der Waals surface area (Å²) in [5, 5.41) is 23.3. The third-order valence-electron chi connectivity index (χ3n) is 7.61. The van der Waals surface area contributed by atoms with Crippen LogP contribution in [0.25, 0.3) is 22.5 Å². The summed E-state index contributed by atoms with van der Waals surface area (Å²) in [7, 11) is 1.37. The number of aromatic nitrogens is 4. The van der Waals surface area contributed by atoms with Gasteiger partial charge in [-0.2, -0.15) is 4.39 Å². The topological polar surface area (TPSA) is 96.2 Å². The maximum atomic E-state index is 14.0. The van der Waals surface area contributed by atoms with E-state index >= 15 is 0 Å². The van der Waals surface area contributed by atoms with Crippen molar-refractivity contribution in [1.29, 1.82) is 0 Å². The molecule has 3 fully saturated rings. The fourth-order valence-corrected chi connectivity index (χ4v) is 5.67. The van der Waals surface area contributed by atoms with Crippen molar-refractivity contribution in [2.75, 3.05) is 4.90 Å². The molecule has 3 aromatic rings. The minimum atomic E-state index is -0.642. The van der Waals surface area contributed by atoms with Gasteiger partial charge in [0.1, 0.15) is 5.75 Å². The number of phenolic OH excluding ortho intramolecular Hbond substituents is 1. The summed E-state index contributed by atoms with van der Waals surface area (Å²) in [6, 6.07) is 9.61. The highest BCUT2D eigenvalue weighted by Gasteiger charge is 2.40. The number of fused-ring (bicyclic) bond motifs is 2. The second-order valence-electron chi connectivity index (χ2n) is 10.1. The Hall–Kier alpha value is -3.33. The van der Waals surface area contributed by atoms with Gasteiger partial charge in [0.25, 0.3) is 5.56 Å². The number of aromatic hydroxyl groups is 1. The van der Waals surface area contributed by atoms with Crippen LogP contribution in [0.4, 0.5) is 10.2 Å². The first-order valence-corrected chi connectivity index (χ1v) is 12.4. The van der Waals surface area contributed by atoms with E-state index in [1.807, 2.05) is 0 Å². The zero-order valence-corrected chi connectivity index (χ0v) is 19.7. The van der Waals surface area contributed by atoms with E-state index in [0.717, 1.165) is 23.2 Å². The van der Waals surface area contributed by atoms with Crippen LogP contribution in [0.15, 0.2) is 41.3 Å². The first-order chi connectivity index (χ1) is 17.0. The van der Waals surface area contributed by atoms with Gasteiger partial charge < -0.3 is 15.3 Å². The molecule has 8 nitrogen and oxygen atoms in total. The molecule has 2 aromatic heterocycles. The Labute approximate surface area is 202 Å². The quantitative estimate of drug-likeness (QED) is 0.545. The van der Waals surface area contributed by atoms with Crippen LogP contribution >= 0.6 is 0 Å². The first-order valence-electron chi connectivity index (χ1n) is 12.4. The van der Waals surface area contributed by atoms with E-state index in [4.69, 9.17) is 0 Å². The van der Waals surface area contributed by atoms with Gasteiger partial charge in [0.15, 0.2) is 17.6 Å². The Balaban J connectivity index is 1.25. The van der Waals surface area contributed by atoms with Gasteiger partial charge in [0, 0.05) is 37.3 Å². The van der Waals surface area contributed by atoms with Crippen LogP contribution in [0.2, 0.25) is 0 Å². The Morgan fingerprint density at radius 2 is 1.80 bits per heavy atom. The molecule has 35 heavy (non-hydrogen) atoms. The first kappa shape index (κ1) is 22.2. The number of halogens is 1. The third-order valence-corrected chi connectivity index (χ3v) is 7.61. The number of rotatable bonds is 5. The van der Waals surface area contributed by atoms with E-state index in [1.54, 1.807) is 18.3 Å². The number of hydrogen-bond donors (Lipinski definition) is 2. The molecule has 2 saturated heterocycles. The van der Waals surface area contributed by atoms with Gasteiger partial charge in [-0.1, -0.05) is 12.5 Å². The van der Waals surface area contributed by atoms with E-state index in [-0.39, 0.29) is 5.75 Å². The minimum absolute atomic E-state index is 0.0524. The van der Waals surface area contributed by atoms with Crippen molar-refractivity contribution >= 4 is 5.82 Å². The SMILES string of the molecule is Cn1c(F)cc(-c2ccc(-c3ncc(N(C4CC4)[C@@H]4C[C@H]5CCC[C@@H](C4)N5)nn3)c(O)c2)cc1=O. The average Bonchev–Trinajstić information content (AvgIpc) is 3.68. The lowest BCUT2D eigenvalue weighted by Crippen LogP contribution is -2.55. The molecule has 3 aliphatic rings. The highest BCUT2D eigenvalue weighted by Crippen LogP contribution is 2.38. The molecule has 3 atom stereocenters. The molecule has 2 N–H and O–H groups in total. The number of hydrogen-bond acceptors (Lipinski definition) is 7. The van der Waals surface area contributed by atoms with E-state index in [2.05, 4.69) is 25.4 Å². The largest absolute Gasteiger partial charge is 0.507 e. The fourth-order valence-electron chi connectivity index (χ4n) is 5.67. The second kappa shape index (κ2) is 8.71. The average molecular weight is 477 g/mol. The van der Waals surface area contributed by atoms with E-state index in [1.165, 1.54) is 57.4 Å². The van der Waals surface area contributed by atoms with Crippen molar-refractivity contribution in [2.45, 2.75) is 69.1 Å². The molecule has 1 aliphatic carbocycles. The maximum Gasteiger partial charge on any atom is 0.253 e. The molecule has 6 rings (SSSR count). The van der Waals surface area contributed by atoms with Gasteiger partial charge in [0.2, 0.25) is 0 Å². The Morgan fingerprint density at radius 1 is 1.03 bits per heavy atom. The molecule has 0 spiro atoms. The summed E-state index contributed by atoms with van der Waals surface area (Å²) in [4.78, 5) is 18.9. The summed E-state index contributed by atoms with van der Waals surface area (Å²) in [5.41, 5.74) is 0.910. The predicted octanol–water partition coefficient (Wildman–Crippen LogP) is 3.39. The molecular formula is C26H29FN6O2. The van der Waals surface area contributed by atoms with Crippen LogP contribution in [0.5, 0.6) is 5.75 Å². The van der Waals surface area contributed by atoms with Crippen molar-refractivity contribution in [2.24, 2.45) is 7.05 Å². The smallest absolute Gasteiger partial charge is 0.253 e. The highest BCUT2D eigenvalue weighted by atomic mass is 19.1. The molecule has 182 valence electrons. The molecule has 9 heteroatoms. The normalized spacial score (nSPS) is 23.8. The molecule has 4 heterocycles. The molecule has 1 saturated carbocycles. The summed E-state index contributed by atoms with van der Waals surface area (Å²) >= 11 is 0. The van der Waals surface area contributed by atoms with Gasteiger partial charge in [-0.15, -0.1) is 10.2 Å². The molecule has 0 radical (unpaired) electrons. The predicted molar refractivity (Wildman–Crippen MR) is 131 cm³/mol. The van der Waals surface area contributed by atoms with Crippen molar-refractivity contribution in [3.63, 3.8) is 0 Å². The summed E-state index contributed by atoms with van der Waals surface area (Å²) < 4.78 is 14.9. The lowest BCUT2D eigenvalue weighted by molar-refractivity contribution is 0.215. The zero-order valence-electron chi connectivity index (χ0n) is 19.7. The van der Waals surface area contributed by atoms with E-state index in [9.17, 15) is 14.3 Å². The van der Waals surface area contributed by atoms with Gasteiger partial charge in [-0.05, 0) is 67.9 Å². The van der Waals surface area contributed by atoms with Crippen LogP contribution in [-0.2, 0) is 7.05 Å². The minimum Gasteiger partial charge on any atom is -0.507 e. The van der Waals surface area contributed by atoms with Crippen molar-refractivity contribution in [3.8, 4) is 28.3 Å². The number of benzene rings is 1. The van der Waals surface area contributed by atoms with Gasteiger partial charge in [-0.25, -0.2) is 4.98 Å². The number of anilines is 1. The lowest BCUT2D eigenvalue weighted by Gasteiger charge is -2.45. The van der Waals surface area contributed by atoms with Crippen LogP contribution in [0, 0.1) is 5.95 Å². The van der Waals surface area contributed by atoms with E-state index < -0.39 is 11.5 Å². The van der Waals surface area contributed by atoms with Crippen molar-refractivity contribution in [1.82, 2.24) is 25.1 Å². The van der Waals surface area contributed by atoms with Crippen molar-refractivity contribution in [3.05, 3.63) is 52.8 Å². The number of nitrogens with zero attached hydrogens (tertiary/aromatic N) is 5. The van der Waals surface area contributed by atoms with Crippen LogP contribution in [-0.4, -0.2) is 49.0 Å². The number of phenols is 1. The lowest BCUT2D eigenvalue weighted by atomic mass is 9.83. The Bertz CT molecular complexity index is 1290. The monoisotopic (exact) mass is 476 g/mol. The molecular weight excluding hydrogens is 447 g/mol. The second-order valence-corrected chi connectivity index (χ2v) is 10.1. The van der Waals surface area contributed by atoms with Crippen LogP contribution in [0.1, 0.15) is 44.9 Å². The fraction of sp³-hybridized carbons (Fsp3) is 0.462. The molecule has 0 amide bonds. The Kier molecular flexibility index (Phi) is 5.51. The number of nitrogens with one attached hydrogen (secondary N) is 1. The van der Waals surface area contributed by atoms with Crippen LogP contribution < -0.4 is 15.8 Å². The molecule has 1 aromatic carbocycles. The maximum absolute atomic E-state index is 14.0. The number of pyridine rings is 1. The summed E-state index contributed by atoms with van der Waals surface area (Å²) in [6.07, 6.45) is 10.2. The van der Waals surface area contributed by atoms with Crippen molar-refractivity contribution < 1.29 is 9.50 Å². The summed E-state index contributed by atoms with van der Waals surface area (Å²) in [5.74, 6) is 0.430. The summed E-state index contributed by atoms with van der Waals surface area (Å²) in [6.45, 7) is 0. The molecule has 2 bridgehead atoms. The number of piperidine rings is 2. The molecule has 2 aliphatic heterocycles. The van der Waals surface area contributed by atoms with Gasteiger partial charge in [0.05, 0.1) is 11.8 Å². The molecule has 0 unspecified atom stereocenters. The van der Waals surface area contributed by atoms with Gasteiger partial charge in [-0.3, -0.25) is 9.36 Å².